The number of aryl methyl sites for hydroxylation is 1. The van der Waals surface area contributed by atoms with Gasteiger partial charge in [-0.05, 0) is 41.1 Å². The average Bonchev–Trinajstić information content (AvgIpc) is 2.67. The van der Waals surface area contributed by atoms with Gasteiger partial charge in [0.1, 0.15) is 0 Å². The number of nitrogens with one attached hydrogen (secondary N) is 1. The molecule has 1 aromatic heterocycles. The summed E-state index contributed by atoms with van der Waals surface area (Å²) in [7, 11) is -2.05. The fourth-order valence-corrected chi connectivity index (χ4v) is 4.93. The molecule has 0 saturated heterocycles. The van der Waals surface area contributed by atoms with Crippen molar-refractivity contribution in [3.05, 3.63) is 4.60 Å². The molecule has 2 rings (SSSR count). The van der Waals surface area contributed by atoms with Gasteiger partial charge in [0.05, 0.1) is 0 Å². The van der Waals surface area contributed by atoms with E-state index < -0.39 is 10.0 Å². The third-order valence-corrected chi connectivity index (χ3v) is 5.98. The SMILES string of the molecule is Cn1nnc(Br)c1S(=O)(=O)NCC1CCCC(Cl)C1. The summed E-state index contributed by atoms with van der Waals surface area (Å²) in [6.45, 7) is 0.406. The van der Waals surface area contributed by atoms with E-state index in [2.05, 4.69) is 31.0 Å². The largest absolute Gasteiger partial charge is 0.260 e. The van der Waals surface area contributed by atoms with Crippen LogP contribution in [0.3, 0.4) is 0 Å². The van der Waals surface area contributed by atoms with Crippen LogP contribution in [-0.2, 0) is 17.1 Å². The van der Waals surface area contributed by atoms with Crippen molar-refractivity contribution in [2.75, 3.05) is 6.54 Å². The molecule has 1 saturated carbocycles. The van der Waals surface area contributed by atoms with Gasteiger partial charge >= 0.3 is 0 Å². The van der Waals surface area contributed by atoms with E-state index in [4.69, 9.17) is 11.6 Å². The zero-order valence-electron chi connectivity index (χ0n) is 10.5. The summed E-state index contributed by atoms with van der Waals surface area (Å²) in [5.74, 6) is 0.297. The van der Waals surface area contributed by atoms with E-state index in [1.165, 1.54) is 4.68 Å². The molecule has 0 spiro atoms. The highest BCUT2D eigenvalue weighted by atomic mass is 79.9. The lowest BCUT2D eigenvalue weighted by atomic mass is 9.89. The Morgan fingerprint density at radius 3 is 2.84 bits per heavy atom. The van der Waals surface area contributed by atoms with Crippen molar-refractivity contribution in [3.63, 3.8) is 0 Å². The minimum atomic E-state index is -3.60. The van der Waals surface area contributed by atoms with Crippen LogP contribution in [0.5, 0.6) is 0 Å². The molecule has 108 valence electrons. The van der Waals surface area contributed by atoms with Gasteiger partial charge in [0.15, 0.2) is 4.60 Å². The van der Waals surface area contributed by atoms with Crippen LogP contribution in [-0.4, -0.2) is 35.3 Å². The fraction of sp³-hybridized carbons (Fsp3) is 0.800. The van der Waals surface area contributed by atoms with Crippen LogP contribution in [0.1, 0.15) is 25.7 Å². The second-order valence-corrected chi connectivity index (χ2v) is 7.84. The van der Waals surface area contributed by atoms with Gasteiger partial charge in [-0.1, -0.05) is 11.6 Å². The van der Waals surface area contributed by atoms with Crippen LogP contribution < -0.4 is 4.72 Å². The number of halogens is 2. The molecule has 19 heavy (non-hydrogen) atoms. The number of alkyl halides is 1. The molecule has 1 aromatic rings. The first-order valence-corrected chi connectivity index (χ1v) is 8.80. The quantitative estimate of drug-likeness (QED) is 0.817. The van der Waals surface area contributed by atoms with E-state index >= 15 is 0 Å². The molecule has 6 nitrogen and oxygen atoms in total. The monoisotopic (exact) mass is 370 g/mol. The van der Waals surface area contributed by atoms with Crippen molar-refractivity contribution in [2.45, 2.75) is 36.1 Å². The number of rotatable bonds is 4. The lowest BCUT2D eigenvalue weighted by molar-refractivity contribution is 0.361. The second kappa shape index (κ2) is 6.07. The van der Waals surface area contributed by atoms with Crippen molar-refractivity contribution in [1.82, 2.24) is 19.7 Å². The molecule has 1 aliphatic carbocycles. The second-order valence-electron chi connectivity index (χ2n) is 4.79. The smallest absolute Gasteiger partial charge is 0.235 e. The van der Waals surface area contributed by atoms with Crippen LogP contribution in [0.15, 0.2) is 9.63 Å². The molecule has 1 heterocycles. The number of nitrogens with zero attached hydrogens (tertiary/aromatic N) is 3. The lowest BCUT2D eigenvalue weighted by Gasteiger charge is -2.25. The summed E-state index contributed by atoms with van der Waals surface area (Å²) in [5, 5.41) is 7.55. The van der Waals surface area contributed by atoms with E-state index in [-0.39, 0.29) is 15.0 Å². The Morgan fingerprint density at radius 1 is 1.53 bits per heavy atom. The highest BCUT2D eigenvalue weighted by molar-refractivity contribution is 9.10. The van der Waals surface area contributed by atoms with E-state index in [0.717, 1.165) is 25.7 Å². The van der Waals surface area contributed by atoms with Crippen molar-refractivity contribution in [3.8, 4) is 0 Å². The van der Waals surface area contributed by atoms with Crippen LogP contribution in [0.25, 0.3) is 0 Å². The van der Waals surface area contributed by atoms with Gasteiger partial charge in [-0.3, -0.25) is 0 Å². The first-order valence-electron chi connectivity index (χ1n) is 6.09. The van der Waals surface area contributed by atoms with Gasteiger partial charge in [0.25, 0.3) is 10.0 Å². The van der Waals surface area contributed by atoms with Gasteiger partial charge in [0.2, 0.25) is 5.03 Å². The van der Waals surface area contributed by atoms with Crippen LogP contribution in [0.4, 0.5) is 0 Å². The Morgan fingerprint density at radius 2 is 2.26 bits per heavy atom. The molecule has 0 bridgehead atoms. The number of hydrogen-bond acceptors (Lipinski definition) is 4. The molecular formula is C10H16BrClN4O2S. The normalized spacial score (nSPS) is 24.6. The summed E-state index contributed by atoms with van der Waals surface area (Å²) in [4.78, 5) is 0. The minimum absolute atomic E-state index is 0.0470. The van der Waals surface area contributed by atoms with Crippen LogP contribution in [0, 0.1) is 5.92 Å². The van der Waals surface area contributed by atoms with Crippen molar-refractivity contribution < 1.29 is 8.42 Å². The number of aromatic nitrogens is 3. The van der Waals surface area contributed by atoms with Gasteiger partial charge in [-0.15, -0.1) is 16.7 Å². The first kappa shape index (κ1) is 15.2. The molecule has 9 heteroatoms. The first-order chi connectivity index (χ1) is 8.90. The van der Waals surface area contributed by atoms with Crippen molar-refractivity contribution in [1.29, 1.82) is 0 Å². The molecule has 0 radical (unpaired) electrons. The topological polar surface area (TPSA) is 76.9 Å². The molecular weight excluding hydrogens is 356 g/mol. The van der Waals surface area contributed by atoms with Gasteiger partial charge in [0, 0.05) is 19.0 Å². The Kier molecular flexibility index (Phi) is 4.86. The van der Waals surface area contributed by atoms with E-state index in [1.54, 1.807) is 7.05 Å². The third kappa shape index (κ3) is 3.68. The zero-order chi connectivity index (χ0) is 14.0. The Balaban J connectivity index is 2.02. The van der Waals surface area contributed by atoms with Gasteiger partial charge in [-0.25, -0.2) is 17.8 Å². The van der Waals surface area contributed by atoms with Crippen LogP contribution >= 0.6 is 27.5 Å². The molecule has 0 aliphatic heterocycles. The van der Waals surface area contributed by atoms with Crippen molar-refractivity contribution in [2.24, 2.45) is 13.0 Å². The third-order valence-electron chi connectivity index (χ3n) is 3.27. The summed E-state index contributed by atoms with van der Waals surface area (Å²) < 4.78 is 28.4. The Labute approximate surface area is 126 Å². The molecule has 1 aliphatic rings. The highest BCUT2D eigenvalue weighted by Crippen LogP contribution is 2.27. The maximum atomic E-state index is 12.2. The standard InChI is InChI=1S/C10H16BrClN4O2S/c1-16-10(9(11)14-15-16)19(17,18)13-6-7-3-2-4-8(12)5-7/h7-8,13H,2-6H2,1H3. The van der Waals surface area contributed by atoms with Crippen LogP contribution in [0.2, 0.25) is 0 Å². The van der Waals surface area contributed by atoms with E-state index in [9.17, 15) is 8.42 Å². The van der Waals surface area contributed by atoms with E-state index in [0.29, 0.717) is 12.5 Å². The molecule has 1 N–H and O–H groups in total. The lowest BCUT2D eigenvalue weighted by Crippen LogP contribution is -2.33. The minimum Gasteiger partial charge on any atom is -0.235 e. The van der Waals surface area contributed by atoms with Gasteiger partial charge in [-0.2, -0.15) is 0 Å². The molecule has 2 atom stereocenters. The summed E-state index contributed by atoms with van der Waals surface area (Å²) >= 11 is 9.20. The maximum Gasteiger partial charge on any atom is 0.260 e. The molecule has 0 aromatic carbocycles. The highest BCUT2D eigenvalue weighted by Gasteiger charge is 2.26. The predicted molar refractivity (Wildman–Crippen MR) is 75.5 cm³/mol. The molecule has 0 amide bonds. The maximum absolute atomic E-state index is 12.2. The average molecular weight is 372 g/mol. The van der Waals surface area contributed by atoms with Crippen molar-refractivity contribution >= 4 is 37.6 Å². The number of sulfonamides is 1. The van der Waals surface area contributed by atoms with E-state index in [1.807, 2.05) is 0 Å². The molecule has 2 unspecified atom stereocenters. The Hall–Kier alpha value is -0.180. The summed E-state index contributed by atoms with van der Waals surface area (Å²) in [5.41, 5.74) is 0. The summed E-state index contributed by atoms with van der Waals surface area (Å²) in [6, 6.07) is 0. The zero-order valence-corrected chi connectivity index (χ0v) is 13.7. The molecule has 1 fully saturated rings. The van der Waals surface area contributed by atoms with Gasteiger partial charge < -0.3 is 0 Å². The Bertz CT molecular complexity index is 528. The predicted octanol–water partition coefficient (Wildman–Crippen LogP) is 1.65. The number of hydrogen-bond donors (Lipinski definition) is 1. The summed E-state index contributed by atoms with van der Waals surface area (Å²) in [6.07, 6.45) is 3.94. The fourth-order valence-electron chi connectivity index (χ4n) is 2.31.